The van der Waals surface area contributed by atoms with Gasteiger partial charge < -0.3 is 5.32 Å². The van der Waals surface area contributed by atoms with Crippen molar-refractivity contribution in [2.45, 2.75) is 31.1 Å². The Labute approximate surface area is 134 Å². The maximum atomic E-state index is 12.7. The summed E-state index contributed by atoms with van der Waals surface area (Å²) in [6.07, 6.45) is 2.90. The van der Waals surface area contributed by atoms with Gasteiger partial charge in [0.1, 0.15) is 0 Å². The molecule has 120 valence electrons. The number of hydrogen-bond acceptors (Lipinski definition) is 3. The normalized spacial score (nSPS) is 20.0. The van der Waals surface area contributed by atoms with E-state index in [1.807, 2.05) is 26.1 Å². The summed E-state index contributed by atoms with van der Waals surface area (Å²) < 4.78 is 27.1. The van der Waals surface area contributed by atoms with Crippen molar-refractivity contribution in [1.29, 1.82) is 0 Å². The Balaban J connectivity index is 0.00000220. The summed E-state index contributed by atoms with van der Waals surface area (Å²) in [5.74, 6) is 0.415. The third-order valence-corrected chi connectivity index (χ3v) is 5.78. The van der Waals surface area contributed by atoms with Crippen LogP contribution in [0.15, 0.2) is 29.2 Å². The molecular weight excluding hydrogens is 308 g/mol. The second-order valence-corrected chi connectivity index (χ2v) is 7.37. The van der Waals surface area contributed by atoms with Gasteiger partial charge in [0, 0.05) is 13.1 Å². The first-order chi connectivity index (χ1) is 9.57. The summed E-state index contributed by atoms with van der Waals surface area (Å²) >= 11 is 0. The lowest BCUT2D eigenvalue weighted by atomic mass is 10.00. The summed E-state index contributed by atoms with van der Waals surface area (Å²) in [5.41, 5.74) is 1.06. The minimum Gasteiger partial charge on any atom is -0.319 e. The zero-order chi connectivity index (χ0) is 14.6. The van der Waals surface area contributed by atoms with Gasteiger partial charge in [-0.25, -0.2) is 8.42 Å². The number of aryl methyl sites for hydroxylation is 1. The van der Waals surface area contributed by atoms with Gasteiger partial charge in [0.2, 0.25) is 10.0 Å². The van der Waals surface area contributed by atoms with Gasteiger partial charge in [-0.2, -0.15) is 4.31 Å². The lowest BCUT2D eigenvalue weighted by Crippen LogP contribution is -2.42. The van der Waals surface area contributed by atoms with E-state index >= 15 is 0 Å². The summed E-state index contributed by atoms with van der Waals surface area (Å²) in [5, 5.41) is 3.15. The van der Waals surface area contributed by atoms with Gasteiger partial charge >= 0.3 is 0 Å². The molecule has 2 rings (SSSR count). The standard InChI is InChI=1S/C15H24N2O2S.ClH/c1-3-13-6-4-8-15(10-13)20(18,19)17-9-5-7-14(12-17)11-16-2;/h4,6,8,10,14,16H,3,5,7,9,11-12H2,1-2H3;1H. The third kappa shape index (κ3) is 4.42. The van der Waals surface area contributed by atoms with Gasteiger partial charge in [0.15, 0.2) is 0 Å². The van der Waals surface area contributed by atoms with E-state index in [9.17, 15) is 8.42 Å². The maximum Gasteiger partial charge on any atom is 0.243 e. The fourth-order valence-corrected chi connectivity index (χ4v) is 4.40. The molecular formula is C15H25ClN2O2S. The first kappa shape index (κ1) is 18.4. The van der Waals surface area contributed by atoms with Crippen LogP contribution in [-0.4, -0.2) is 39.4 Å². The largest absolute Gasteiger partial charge is 0.319 e. The van der Waals surface area contributed by atoms with Crippen LogP contribution in [0.25, 0.3) is 0 Å². The molecule has 0 aromatic heterocycles. The Morgan fingerprint density at radius 2 is 2.14 bits per heavy atom. The van der Waals surface area contributed by atoms with Crippen molar-refractivity contribution in [2.75, 3.05) is 26.7 Å². The van der Waals surface area contributed by atoms with Crippen LogP contribution in [-0.2, 0) is 16.4 Å². The third-order valence-electron chi connectivity index (χ3n) is 3.92. The zero-order valence-corrected chi connectivity index (χ0v) is 14.3. The van der Waals surface area contributed by atoms with E-state index in [0.717, 1.165) is 31.4 Å². The van der Waals surface area contributed by atoms with E-state index in [4.69, 9.17) is 0 Å². The number of nitrogens with one attached hydrogen (secondary N) is 1. The molecule has 1 fully saturated rings. The molecule has 0 aliphatic carbocycles. The van der Waals surface area contributed by atoms with Crippen LogP contribution < -0.4 is 5.32 Å². The first-order valence-corrected chi connectivity index (χ1v) is 8.75. The lowest BCUT2D eigenvalue weighted by Gasteiger charge is -2.31. The van der Waals surface area contributed by atoms with Gasteiger partial charge in [-0.3, -0.25) is 0 Å². The zero-order valence-electron chi connectivity index (χ0n) is 12.7. The van der Waals surface area contributed by atoms with Crippen LogP contribution in [0.4, 0.5) is 0 Å². The number of hydrogen-bond donors (Lipinski definition) is 1. The van der Waals surface area contributed by atoms with Crippen molar-refractivity contribution in [1.82, 2.24) is 9.62 Å². The molecule has 1 heterocycles. The van der Waals surface area contributed by atoms with Crippen LogP contribution in [0.5, 0.6) is 0 Å². The minimum atomic E-state index is -3.34. The van der Waals surface area contributed by atoms with Crippen molar-refractivity contribution < 1.29 is 8.42 Å². The van der Waals surface area contributed by atoms with Gasteiger partial charge in [-0.05, 0) is 56.5 Å². The molecule has 1 aromatic carbocycles. The summed E-state index contributed by atoms with van der Waals surface area (Å²) in [7, 11) is -1.43. The topological polar surface area (TPSA) is 49.4 Å². The van der Waals surface area contributed by atoms with Crippen molar-refractivity contribution in [3.8, 4) is 0 Å². The highest BCUT2D eigenvalue weighted by atomic mass is 35.5. The number of piperidine rings is 1. The summed E-state index contributed by atoms with van der Waals surface area (Å²) in [4.78, 5) is 0.432. The minimum absolute atomic E-state index is 0. The Hall–Kier alpha value is -0.620. The quantitative estimate of drug-likeness (QED) is 0.900. The van der Waals surface area contributed by atoms with E-state index < -0.39 is 10.0 Å². The van der Waals surface area contributed by atoms with Crippen LogP contribution in [0, 0.1) is 5.92 Å². The van der Waals surface area contributed by atoms with Crippen LogP contribution in [0.2, 0.25) is 0 Å². The molecule has 4 nitrogen and oxygen atoms in total. The number of benzene rings is 1. The van der Waals surface area contributed by atoms with Crippen molar-refractivity contribution in [3.05, 3.63) is 29.8 Å². The molecule has 21 heavy (non-hydrogen) atoms. The highest BCUT2D eigenvalue weighted by Gasteiger charge is 2.29. The number of sulfonamides is 1. The average Bonchev–Trinajstić information content (AvgIpc) is 2.48. The monoisotopic (exact) mass is 332 g/mol. The molecule has 1 aromatic rings. The van der Waals surface area contributed by atoms with Crippen molar-refractivity contribution in [2.24, 2.45) is 5.92 Å². The summed E-state index contributed by atoms with van der Waals surface area (Å²) in [6.45, 7) is 4.18. The molecule has 1 N–H and O–H groups in total. The first-order valence-electron chi connectivity index (χ1n) is 7.31. The molecule has 0 radical (unpaired) electrons. The van der Waals surface area contributed by atoms with Crippen molar-refractivity contribution >= 4 is 22.4 Å². The van der Waals surface area contributed by atoms with Gasteiger partial charge in [-0.1, -0.05) is 19.1 Å². The van der Waals surface area contributed by atoms with E-state index in [-0.39, 0.29) is 12.4 Å². The van der Waals surface area contributed by atoms with E-state index in [2.05, 4.69) is 5.32 Å². The number of nitrogens with zero attached hydrogens (tertiary/aromatic N) is 1. The molecule has 0 bridgehead atoms. The molecule has 1 atom stereocenters. The Morgan fingerprint density at radius 1 is 1.38 bits per heavy atom. The highest BCUT2D eigenvalue weighted by molar-refractivity contribution is 7.89. The number of halogens is 1. The Morgan fingerprint density at radius 3 is 2.81 bits per heavy atom. The molecule has 1 unspecified atom stereocenters. The van der Waals surface area contributed by atoms with Crippen LogP contribution in [0.3, 0.4) is 0 Å². The van der Waals surface area contributed by atoms with E-state index in [1.165, 1.54) is 0 Å². The fraction of sp³-hybridized carbons (Fsp3) is 0.600. The van der Waals surface area contributed by atoms with Gasteiger partial charge in [0.25, 0.3) is 0 Å². The number of rotatable bonds is 5. The van der Waals surface area contributed by atoms with E-state index in [0.29, 0.717) is 23.9 Å². The lowest BCUT2D eigenvalue weighted by molar-refractivity contribution is 0.263. The van der Waals surface area contributed by atoms with Gasteiger partial charge in [-0.15, -0.1) is 12.4 Å². The Bertz CT molecular complexity index is 546. The maximum absolute atomic E-state index is 12.7. The molecule has 0 saturated carbocycles. The second kappa shape index (κ2) is 8.13. The average molecular weight is 333 g/mol. The van der Waals surface area contributed by atoms with Gasteiger partial charge in [0.05, 0.1) is 4.90 Å². The predicted molar refractivity (Wildman–Crippen MR) is 88.5 cm³/mol. The SMILES string of the molecule is CCc1cccc(S(=O)(=O)N2CCCC(CNC)C2)c1.Cl. The molecule has 6 heteroatoms. The van der Waals surface area contributed by atoms with Crippen LogP contribution in [0.1, 0.15) is 25.3 Å². The smallest absolute Gasteiger partial charge is 0.243 e. The molecule has 1 aliphatic heterocycles. The summed E-state index contributed by atoms with van der Waals surface area (Å²) in [6, 6.07) is 7.31. The molecule has 1 aliphatic rings. The highest BCUT2D eigenvalue weighted by Crippen LogP contribution is 2.24. The fourth-order valence-electron chi connectivity index (χ4n) is 2.78. The molecule has 1 saturated heterocycles. The second-order valence-electron chi connectivity index (χ2n) is 5.43. The molecule has 0 spiro atoms. The Kier molecular flexibility index (Phi) is 7.13. The molecule has 0 amide bonds. The predicted octanol–water partition coefficient (Wildman–Crippen LogP) is 2.29. The van der Waals surface area contributed by atoms with Crippen molar-refractivity contribution in [3.63, 3.8) is 0 Å². The van der Waals surface area contributed by atoms with Crippen LogP contribution >= 0.6 is 12.4 Å². The van der Waals surface area contributed by atoms with E-state index in [1.54, 1.807) is 16.4 Å².